The number of rotatable bonds is 9. The van der Waals surface area contributed by atoms with Crippen LogP contribution in [0.4, 0.5) is 0 Å². The number of nitrogens with zero attached hydrogens (tertiary/aromatic N) is 1. The normalized spacial score (nSPS) is 46.1. The van der Waals surface area contributed by atoms with Gasteiger partial charge in [0.1, 0.15) is 6.29 Å². The first-order valence-electron chi connectivity index (χ1n) is 20.8. The predicted molar refractivity (Wildman–Crippen MR) is 208 cm³/mol. The maximum absolute atomic E-state index is 12.1. The zero-order valence-electron chi connectivity index (χ0n) is 33.0. The molecule has 7 aliphatic rings. The van der Waals surface area contributed by atoms with Crippen molar-refractivity contribution in [3.8, 4) is 0 Å². The number of nitrogens with one attached hydrogen (secondary N) is 1. The molecule has 286 valence electrons. The van der Waals surface area contributed by atoms with Crippen LogP contribution in [0.2, 0.25) is 0 Å². The number of hydrogen-bond donors (Lipinski definition) is 2. The van der Waals surface area contributed by atoms with Crippen molar-refractivity contribution in [1.82, 2.24) is 10.2 Å². The molecule has 1 saturated heterocycles. The van der Waals surface area contributed by atoms with Crippen molar-refractivity contribution >= 4 is 16.1 Å². The van der Waals surface area contributed by atoms with Gasteiger partial charge < -0.3 is 20.1 Å². The van der Waals surface area contributed by atoms with Crippen LogP contribution in [0.1, 0.15) is 125 Å². The highest BCUT2D eigenvalue weighted by Gasteiger charge is 2.70. The molecule has 0 aromatic carbocycles. The number of aldehydes is 1. The van der Waals surface area contributed by atoms with Gasteiger partial charge in [-0.1, -0.05) is 58.9 Å². The van der Waals surface area contributed by atoms with E-state index in [0.29, 0.717) is 71.4 Å². The summed E-state index contributed by atoms with van der Waals surface area (Å²) in [6.45, 7) is 23.4. The Kier molecular flexibility index (Phi) is 9.83. The first-order valence-corrected chi connectivity index (χ1v) is 22.6. The average Bonchev–Trinajstić information content (AvgIpc) is 3.46. The smallest absolute Gasteiger partial charge is 0.152 e. The van der Waals surface area contributed by atoms with Gasteiger partial charge in [0.15, 0.2) is 9.84 Å². The zero-order valence-corrected chi connectivity index (χ0v) is 33.8. The molecule has 1 unspecified atom stereocenters. The summed E-state index contributed by atoms with van der Waals surface area (Å²) in [6.07, 6.45) is 20.7. The molecular weight excluding hydrogens is 653 g/mol. The standard InChI is InChI=1S/C44H70N2O4S/c1-31(2)33-12-19-44(45-23-24-46-25-28-51(49,50)29-26-46)21-20-41(6)35(38(33)44)8-9-37-40(5)15-13-34(39(3,4)36(40)14-16-42(37,41)7)32-10-17-43(30-48,18-11-32)22-27-47/h10,13,30,33,35-38,45,47H,1,8-9,11-12,14-29H2,2-7H3/t33-,35+,36-,37+,38+,40-,41+,42+,43?,44-/m0/s1. The summed E-state index contributed by atoms with van der Waals surface area (Å²) in [4.78, 5) is 14.4. The largest absolute Gasteiger partial charge is 0.396 e. The van der Waals surface area contributed by atoms with Crippen molar-refractivity contribution in [3.63, 3.8) is 0 Å². The van der Waals surface area contributed by atoms with Gasteiger partial charge in [0, 0.05) is 43.7 Å². The minimum atomic E-state index is -2.86. The lowest BCUT2D eigenvalue weighted by Gasteiger charge is -2.72. The number of carbonyl (C=O) groups excluding carboxylic acids is 1. The molecule has 4 saturated carbocycles. The molecule has 1 heterocycles. The fourth-order valence-electron chi connectivity index (χ4n) is 14.8. The quantitative estimate of drug-likeness (QED) is 0.186. The van der Waals surface area contributed by atoms with E-state index in [2.05, 4.69) is 70.5 Å². The van der Waals surface area contributed by atoms with Gasteiger partial charge in [0.05, 0.1) is 11.5 Å². The number of aliphatic hydroxyl groups is 1. The van der Waals surface area contributed by atoms with Crippen LogP contribution in [0, 0.1) is 56.7 Å². The van der Waals surface area contributed by atoms with Crippen molar-refractivity contribution in [3.05, 3.63) is 35.5 Å². The Morgan fingerprint density at radius 3 is 2.33 bits per heavy atom. The number of hydrogen-bond acceptors (Lipinski definition) is 6. The Morgan fingerprint density at radius 1 is 0.941 bits per heavy atom. The highest BCUT2D eigenvalue weighted by Crippen LogP contribution is 2.76. The van der Waals surface area contributed by atoms with Crippen LogP contribution in [0.5, 0.6) is 0 Å². The molecule has 0 radical (unpaired) electrons. The van der Waals surface area contributed by atoms with Crippen molar-refractivity contribution in [2.45, 2.75) is 131 Å². The molecule has 5 fully saturated rings. The van der Waals surface area contributed by atoms with E-state index < -0.39 is 9.84 Å². The minimum absolute atomic E-state index is 0.0805. The van der Waals surface area contributed by atoms with Crippen LogP contribution in [-0.4, -0.2) is 74.5 Å². The van der Waals surface area contributed by atoms with Gasteiger partial charge in [0.2, 0.25) is 0 Å². The molecular formula is C44H70N2O4S. The lowest BCUT2D eigenvalue weighted by molar-refractivity contribution is -0.221. The van der Waals surface area contributed by atoms with Crippen molar-refractivity contribution in [1.29, 1.82) is 0 Å². The SMILES string of the molecule is C=C(C)[C@@H]1CC[C@]2(NCCN3CCS(=O)(=O)CC3)CC[C@]3(C)[C@H](CC[C@@H]4[C@@]5(C)CC=C(C6=CCC(C=O)(CCO)CC6)C(C)(C)[C@@H]5CC[C@]43C)[C@@H]12. The molecule has 6 nitrogen and oxygen atoms in total. The number of carbonyl (C=O) groups is 1. The first kappa shape index (κ1) is 38.0. The van der Waals surface area contributed by atoms with E-state index in [-0.39, 0.29) is 28.4 Å². The second-order valence-corrected chi connectivity index (χ2v) is 22.5. The second-order valence-electron chi connectivity index (χ2n) is 20.2. The molecule has 1 aliphatic heterocycles. The molecule has 0 spiro atoms. The first-order chi connectivity index (χ1) is 24.0. The molecule has 0 aromatic heterocycles. The molecule has 0 amide bonds. The van der Waals surface area contributed by atoms with Crippen LogP contribution in [-0.2, 0) is 14.6 Å². The van der Waals surface area contributed by atoms with Crippen molar-refractivity contribution in [2.75, 3.05) is 44.3 Å². The number of allylic oxidation sites excluding steroid dienone is 5. The van der Waals surface area contributed by atoms with E-state index in [0.717, 1.165) is 45.1 Å². The predicted octanol–water partition coefficient (Wildman–Crippen LogP) is 7.93. The highest BCUT2D eigenvalue weighted by atomic mass is 32.2. The number of fused-ring (bicyclic) bond motifs is 7. The summed E-state index contributed by atoms with van der Waals surface area (Å²) in [6, 6.07) is 0. The third kappa shape index (κ3) is 5.95. The highest BCUT2D eigenvalue weighted by molar-refractivity contribution is 7.91. The molecule has 7 heteroatoms. The third-order valence-corrected chi connectivity index (χ3v) is 19.4. The molecule has 6 aliphatic carbocycles. The van der Waals surface area contributed by atoms with E-state index in [1.807, 2.05) is 0 Å². The van der Waals surface area contributed by atoms with Gasteiger partial charge in [-0.15, -0.1) is 0 Å². The molecule has 2 N–H and O–H groups in total. The van der Waals surface area contributed by atoms with Crippen LogP contribution < -0.4 is 5.32 Å². The van der Waals surface area contributed by atoms with E-state index >= 15 is 0 Å². The molecule has 51 heavy (non-hydrogen) atoms. The Balaban J connectivity index is 1.13. The maximum Gasteiger partial charge on any atom is 0.152 e. The Hall–Kier alpha value is -1.28. The summed E-state index contributed by atoms with van der Waals surface area (Å²) >= 11 is 0. The van der Waals surface area contributed by atoms with Crippen LogP contribution in [0.15, 0.2) is 35.5 Å². The van der Waals surface area contributed by atoms with E-state index in [1.54, 1.807) is 5.57 Å². The molecule has 0 aromatic rings. The Morgan fingerprint density at radius 2 is 1.69 bits per heavy atom. The monoisotopic (exact) mass is 723 g/mol. The fourth-order valence-corrected chi connectivity index (χ4v) is 16.1. The van der Waals surface area contributed by atoms with Crippen LogP contribution in [0.25, 0.3) is 0 Å². The van der Waals surface area contributed by atoms with Gasteiger partial charge in [-0.2, -0.15) is 0 Å². The molecule has 0 bridgehead atoms. The lowest BCUT2D eigenvalue weighted by atomic mass is 9.33. The summed E-state index contributed by atoms with van der Waals surface area (Å²) in [7, 11) is -2.86. The van der Waals surface area contributed by atoms with E-state index in [1.165, 1.54) is 62.5 Å². The van der Waals surface area contributed by atoms with Crippen molar-refractivity contribution in [2.24, 2.45) is 56.7 Å². The lowest BCUT2D eigenvalue weighted by Crippen LogP contribution is -2.68. The van der Waals surface area contributed by atoms with Crippen LogP contribution in [0.3, 0.4) is 0 Å². The zero-order chi connectivity index (χ0) is 36.7. The van der Waals surface area contributed by atoms with E-state index in [9.17, 15) is 18.3 Å². The molecule has 10 atom stereocenters. The summed E-state index contributed by atoms with van der Waals surface area (Å²) in [5.74, 6) is 3.84. The van der Waals surface area contributed by atoms with Gasteiger partial charge >= 0.3 is 0 Å². The van der Waals surface area contributed by atoms with E-state index in [4.69, 9.17) is 0 Å². The van der Waals surface area contributed by atoms with Crippen molar-refractivity contribution < 1.29 is 18.3 Å². The number of sulfone groups is 1. The fraction of sp³-hybridized carbons (Fsp3) is 0.841. The maximum atomic E-state index is 12.1. The average molecular weight is 723 g/mol. The van der Waals surface area contributed by atoms with Gasteiger partial charge in [-0.25, -0.2) is 8.42 Å². The Labute approximate surface area is 310 Å². The summed E-state index contributed by atoms with van der Waals surface area (Å²) in [5.41, 5.74) is 5.13. The third-order valence-electron chi connectivity index (χ3n) is 17.8. The Bertz CT molecular complexity index is 1550. The van der Waals surface area contributed by atoms with Gasteiger partial charge in [-0.05, 0) is 153 Å². The minimum Gasteiger partial charge on any atom is -0.396 e. The summed E-state index contributed by atoms with van der Waals surface area (Å²) < 4.78 is 24.1. The van der Waals surface area contributed by atoms with Crippen LogP contribution >= 0.6 is 0 Å². The summed E-state index contributed by atoms with van der Waals surface area (Å²) in [5, 5.41) is 13.9. The second kappa shape index (κ2) is 13.2. The number of aliphatic hydroxyl groups excluding tert-OH is 1. The van der Waals surface area contributed by atoms with Gasteiger partial charge in [-0.3, -0.25) is 0 Å². The van der Waals surface area contributed by atoms with Gasteiger partial charge in [0.25, 0.3) is 0 Å². The molecule has 7 rings (SSSR count). The topological polar surface area (TPSA) is 86.7 Å².